The van der Waals surface area contributed by atoms with Gasteiger partial charge in [0.1, 0.15) is 6.10 Å². The van der Waals surface area contributed by atoms with Crippen LogP contribution in [0.4, 0.5) is 0 Å². The van der Waals surface area contributed by atoms with E-state index in [0.717, 1.165) is 25.7 Å². The molecule has 1 aromatic rings. The molecule has 3 atom stereocenters. The monoisotopic (exact) mass is 336 g/mol. The Morgan fingerprint density at radius 1 is 1.13 bits per heavy atom. The highest BCUT2D eigenvalue weighted by atomic mass is 32.2. The zero-order valence-electron chi connectivity index (χ0n) is 13.3. The lowest BCUT2D eigenvalue weighted by Crippen LogP contribution is -2.25. The fourth-order valence-corrected chi connectivity index (χ4v) is 5.66. The lowest BCUT2D eigenvalue weighted by atomic mass is 9.96. The van der Waals surface area contributed by atoms with Crippen LogP contribution in [0.1, 0.15) is 37.7 Å². The second kappa shape index (κ2) is 7.04. The second-order valence-electron chi connectivity index (χ2n) is 6.88. The van der Waals surface area contributed by atoms with E-state index in [9.17, 15) is 13.2 Å². The maximum atomic E-state index is 12.1. The van der Waals surface area contributed by atoms with Crippen LogP contribution in [0.2, 0.25) is 0 Å². The fourth-order valence-electron chi connectivity index (χ4n) is 3.79. The number of sulfone groups is 1. The number of carbonyl (C=O) groups is 1. The van der Waals surface area contributed by atoms with Gasteiger partial charge in [0.15, 0.2) is 9.84 Å². The minimum absolute atomic E-state index is 0.0132. The molecule has 4 nitrogen and oxygen atoms in total. The fraction of sp³-hybridized carbons (Fsp3) is 0.611. The van der Waals surface area contributed by atoms with Gasteiger partial charge in [0, 0.05) is 6.42 Å². The number of carbonyl (C=O) groups excluding carboxylic acids is 1. The number of hydrogen-bond acceptors (Lipinski definition) is 4. The molecule has 5 heteroatoms. The van der Waals surface area contributed by atoms with Gasteiger partial charge in [-0.2, -0.15) is 0 Å². The van der Waals surface area contributed by atoms with Crippen molar-refractivity contribution in [1.82, 2.24) is 0 Å². The highest BCUT2D eigenvalue weighted by molar-refractivity contribution is 7.91. The van der Waals surface area contributed by atoms with Crippen molar-refractivity contribution in [3.63, 3.8) is 0 Å². The highest BCUT2D eigenvalue weighted by Crippen LogP contribution is 2.32. The normalized spacial score (nSPS) is 29.5. The molecule has 0 radical (unpaired) electrons. The highest BCUT2D eigenvalue weighted by Gasteiger charge is 2.33. The average Bonchev–Trinajstić information content (AvgIpc) is 3.06. The summed E-state index contributed by atoms with van der Waals surface area (Å²) in [4.78, 5) is 12.1. The number of esters is 1. The molecule has 1 saturated heterocycles. The van der Waals surface area contributed by atoms with Crippen LogP contribution in [-0.2, 0) is 25.8 Å². The van der Waals surface area contributed by atoms with Crippen molar-refractivity contribution in [3.8, 4) is 0 Å². The molecule has 126 valence electrons. The summed E-state index contributed by atoms with van der Waals surface area (Å²) in [6.07, 6.45) is 4.87. The van der Waals surface area contributed by atoms with E-state index in [4.69, 9.17) is 4.74 Å². The van der Waals surface area contributed by atoms with Crippen LogP contribution in [0, 0.1) is 11.8 Å². The summed E-state index contributed by atoms with van der Waals surface area (Å²) in [5, 5.41) is 0. The first kappa shape index (κ1) is 16.5. The molecule has 2 aliphatic rings. The lowest BCUT2D eigenvalue weighted by molar-refractivity contribution is -0.151. The molecular formula is C18H24O4S. The summed E-state index contributed by atoms with van der Waals surface area (Å²) >= 11 is 0. The van der Waals surface area contributed by atoms with Gasteiger partial charge >= 0.3 is 5.97 Å². The Hall–Kier alpha value is -1.36. The van der Waals surface area contributed by atoms with Gasteiger partial charge in [-0.3, -0.25) is 4.79 Å². The van der Waals surface area contributed by atoms with Gasteiger partial charge < -0.3 is 4.74 Å². The van der Waals surface area contributed by atoms with E-state index in [1.165, 1.54) is 5.56 Å². The summed E-state index contributed by atoms with van der Waals surface area (Å²) < 4.78 is 28.6. The van der Waals surface area contributed by atoms with Crippen molar-refractivity contribution in [2.24, 2.45) is 11.8 Å². The largest absolute Gasteiger partial charge is 0.462 e. The predicted molar refractivity (Wildman–Crippen MR) is 88.7 cm³/mol. The average molecular weight is 336 g/mol. The first-order chi connectivity index (χ1) is 11.0. The topological polar surface area (TPSA) is 60.4 Å². The molecule has 0 unspecified atom stereocenters. The molecule has 0 aromatic heterocycles. The first-order valence-electron chi connectivity index (χ1n) is 8.46. The third-order valence-electron chi connectivity index (χ3n) is 4.99. The Bertz CT molecular complexity index is 638. The molecule has 1 aliphatic carbocycles. The minimum Gasteiger partial charge on any atom is -0.462 e. The zero-order valence-corrected chi connectivity index (χ0v) is 14.1. The van der Waals surface area contributed by atoms with Gasteiger partial charge in [-0.05, 0) is 49.5 Å². The molecule has 3 rings (SSSR count). The van der Waals surface area contributed by atoms with Crippen LogP contribution in [0.25, 0.3) is 0 Å². The molecule has 0 bridgehead atoms. The SMILES string of the molecule is O=C(C[C@@H]1CCS(=O)(=O)C1)O[C@H]1CCC[C@H]1Cc1ccccc1. The molecule has 0 amide bonds. The minimum atomic E-state index is -2.93. The van der Waals surface area contributed by atoms with Gasteiger partial charge in [-0.15, -0.1) is 0 Å². The van der Waals surface area contributed by atoms with Crippen LogP contribution in [0.15, 0.2) is 30.3 Å². The van der Waals surface area contributed by atoms with Gasteiger partial charge in [-0.1, -0.05) is 30.3 Å². The standard InChI is InChI=1S/C18H24O4S/c19-18(12-15-9-10-23(20,21)13-15)22-17-8-4-7-16(17)11-14-5-2-1-3-6-14/h1-3,5-6,15-17H,4,7-13H2/t15-,16-,17-/m0/s1. The van der Waals surface area contributed by atoms with Crippen LogP contribution in [-0.4, -0.2) is 32.0 Å². The molecule has 23 heavy (non-hydrogen) atoms. The quantitative estimate of drug-likeness (QED) is 0.776. The van der Waals surface area contributed by atoms with E-state index in [1.54, 1.807) is 0 Å². The molecule has 2 fully saturated rings. The van der Waals surface area contributed by atoms with E-state index < -0.39 is 9.84 Å². The van der Waals surface area contributed by atoms with Gasteiger partial charge in [0.05, 0.1) is 11.5 Å². The number of rotatable bonds is 5. The maximum Gasteiger partial charge on any atom is 0.306 e. The Labute approximate surface area is 138 Å². The van der Waals surface area contributed by atoms with Crippen molar-refractivity contribution in [2.75, 3.05) is 11.5 Å². The van der Waals surface area contributed by atoms with Crippen LogP contribution in [0.3, 0.4) is 0 Å². The van der Waals surface area contributed by atoms with Gasteiger partial charge in [0.2, 0.25) is 0 Å². The Balaban J connectivity index is 1.51. The Kier molecular flexibility index (Phi) is 5.05. The molecule has 0 N–H and O–H groups in total. The Morgan fingerprint density at radius 2 is 1.91 bits per heavy atom. The summed E-state index contributed by atoms with van der Waals surface area (Å²) in [5.74, 6) is 0.456. The molecule has 1 aromatic carbocycles. The van der Waals surface area contributed by atoms with Crippen molar-refractivity contribution in [2.45, 2.75) is 44.6 Å². The molecule has 1 heterocycles. The van der Waals surface area contributed by atoms with Crippen molar-refractivity contribution >= 4 is 15.8 Å². The summed E-state index contributed by atoms with van der Waals surface area (Å²) in [6, 6.07) is 10.3. The summed E-state index contributed by atoms with van der Waals surface area (Å²) in [7, 11) is -2.93. The number of ether oxygens (including phenoxy) is 1. The van der Waals surface area contributed by atoms with Crippen molar-refractivity contribution in [1.29, 1.82) is 0 Å². The van der Waals surface area contributed by atoms with Crippen LogP contribution < -0.4 is 0 Å². The van der Waals surface area contributed by atoms with E-state index in [0.29, 0.717) is 12.3 Å². The lowest BCUT2D eigenvalue weighted by Gasteiger charge is -2.21. The summed E-state index contributed by atoms with van der Waals surface area (Å²) in [6.45, 7) is 0. The van der Waals surface area contributed by atoms with Crippen molar-refractivity contribution < 1.29 is 17.9 Å². The van der Waals surface area contributed by atoms with E-state index in [2.05, 4.69) is 12.1 Å². The van der Waals surface area contributed by atoms with Gasteiger partial charge in [-0.25, -0.2) is 8.42 Å². The number of benzene rings is 1. The predicted octanol–water partition coefficient (Wildman–Crippen LogP) is 2.77. The maximum absolute atomic E-state index is 12.1. The van der Waals surface area contributed by atoms with E-state index >= 15 is 0 Å². The van der Waals surface area contributed by atoms with E-state index in [1.807, 2.05) is 18.2 Å². The Morgan fingerprint density at radius 3 is 2.61 bits per heavy atom. The molecule has 1 aliphatic heterocycles. The zero-order chi connectivity index (χ0) is 16.3. The summed E-state index contributed by atoms with van der Waals surface area (Å²) in [5.41, 5.74) is 1.28. The smallest absolute Gasteiger partial charge is 0.306 e. The van der Waals surface area contributed by atoms with Crippen LogP contribution in [0.5, 0.6) is 0 Å². The van der Waals surface area contributed by atoms with Crippen molar-refractivity contribution in [3.05, 3.63) is 35.9 Å². The first-order valence-corrected chi connectivity index (χ1v) is 10.3. The third-order valence-corrected chi connectivity index (χ3v) is 6.83. The van der Waals surface area contributed by atoms with Crippen LogP contribution >= 0.6 is 0 Å². The van der Waals surface area contributed by atoms with Gasteiger partial charge in [0.25, 0.3) is 0 Å². The third kappa shape index (κ3) is 4.56. The second-order valence-corrected chi connectivity index (χ2v) is 9.11. The molecular weight excluding hydrogens is 312 g/mol. The molecule has 1 saturated carbocycles. The number of hydrogen-bond donors (Lipinski definition) is 0. The molecule has 0 spiro atoms. The van der Waals surface area contributed by atoms with E-state index in [-0.39, 0.29) is 35.9 Å².